The van der Waals surface area contributed by atoms with E-state index in [4.69, 9.17) is 0 Å². The first-order valence-electron chi connectivity index (χ1n) is 5.82. The standard InChI is InChI=1S/C12H17N3/c1-2-11(8-13-5-1)15-7-4-10-3-6-14-12(10)9-15/h1-2,5,8,10,12,14H,3-4,6-7,9H2. The molecule has 3 rings (SSSR count). The number of anilines is 1. The maximum Gasteiger partial charge on any atom is 0.0553 e. The summed E-state index contributed by atoms with van der Waals surface area (Å²) in [4.78, 5) is 6.63. The minimum absolute atomic E-state index is 0.707. The molecular weight excluding hydrogens is 186 g/mol. The summed E-state index contributed by atoms with van der Waals surface area (Å²) in [5.74, 6) is 0.915. The highest BCUT2D eigenvalue weighted by Crippen LogP contribution is 2.27. The Labute approximate surface area is 90.5 Å². The summed E-state index contributed by atoms with van der Waals surface area (Å²) in [6.45, 7) is 3.54. The molecule has 2 fully saturated rings. The second kappa shape index (κ2) is 3.81. The summed E-state index contributed by atoms with van der Waals surface area (Å²) in [6.07, 6.45) is 6.50. The second-order valence-electron chi connectivity index (χ2n) is 4.56. The van der Waals surface area contributed by atoms with Gasteiger partial charge in [-0.25, -0.2) is 0 Å². The third-order valence-electron chi connectivity index (χ3n) is 3.69. The fourth-order valence-corrected chi connectivity index (χ4v) is 2.81. The highest BCUT2D eigenvalue weighted by molar-refractivity contribution is 5.44. The van der Waals surface area contributed by atoms with Crippen molar-refractivity contribution in [1.82, 2.24) is 10.3 Å². The molecule has 2 atom stereocenters. The molecule has 2 saturated heterocycles. The minimum Gasteiger partial charge on any atom is -0.369 e. The molecule has 1 aromatic heterocycles. The number of pyridine rings is 1. The zero-order valence-corrected chi connectivity index (χ0v) is 8.89. The van der Waals surface area contributed by atoms with Gasteiger partial charge >= 0.3 is 0 Å². The molecule has 0 aromatic carbocycles. The molecule has 15 heavy (non-hydrogen) atoms. The van der Waals surface area contributed by atoms with Gasteiger partial charge in [-0.15, -0.1) is 0 Å². The Kier molecular flexibility index (Phi) is 2.33. The molecule has 80 valence electrons. The first kappa shape index (κ1) is 9.16. The number of nitrogens with one attached hydrogen (secondary N) is 1. The van der Waals surface area contributed by atoms with Crippen LogP contribution in [0.15, 0.2) is 24.5 Å². The summed E-state index contributed by atoms with van der Waals surface area (Å²) >= 11 is 0. The van der Waals surface area contributed by atoms with E-state index in [0.717, 1.165) is 12.5 Å². The van der Waals surface area contributed by atoms with E-state index in [2.05, 4.69) is 21.3 Å². The van der Waals surface area contributed by atoms with Gasteiger partial charge in [0.25, 0.3) is 0 Å². The van der Waals surface area contributed by atoms with Gasteiger partial charge < -0.3 is 10.2 Å². The minimum atomic E-state index is 0.707. The van der Waals surface area contributed by atoms with Crippen molar-refractivity contribution < 1.29 is 0 Å². The van der Waals surface area contributed by atoms with Gasteiger partial charge in [-0.05, 0) is 37.4 Å². The third-order valence-corrected chi connectivity index (χ3v) is 3.69. The van der Waals surface area contributed by atoms with Gasteiger partial charge in [-0.1, -0.05) is 0 Å². The molecule has 0 bridgehead atoms. The van der Waals surface area contributed by atoms with Crippen LogP contribution in [-0.2, 0) is 0 Å². The summed E-state index contributed by atoms with van der Waals surface area (Å²) in [5.41, 5.74) is 1.27. The fraction of sp³-hybridized carbons (Fsp3) is 0.583. The van der Waals surface area contributed by atoms with E-state index in [1.165, 1.54) is 31.6 Å². The zero-order valence-electron chi connectivity index (χ0n) is 8.89. The lowest BCUT2D eigenvalue weighted by Gasteiger charge is -2.36. The van der Waals surface area contributed by atoms with Gasteiger partial charge in [0, 0.05) is 25.3 Å². The number of nitrogens with zero attached hydrogens (tertiary/aromatic N) is 2. The quantitative estimate of drug-likeness (QED) is 0.745. The van der Waals surface area contributed by atoms with E-state index in [9.17, 15) is 0 Å². The topological polar surface area (TPSA) is 28.2 Å². The smallest absolute Gasteiger partial charge is 0.0553 e. The Balaban J connectivity index is 1.74. The average molecular weight is 203 g/mol. The van der Waals surface area contributed by atoms with E-state index in [0.29, 0.717) is 6.04 Å². The molecule has 0 aliphatic carbocycles. The number of rotatable bonds is 1. The van der Waals surface area contributed by atoms with Crippen LogP contribution in [0, 0.1) is 5.92 Å². The molecule has 0 amide bonds. The van der Waals surface area contributed by atoms with Crippen molar-refractivity contribution in [1.29, 1.82) is 0 Å². The number of fused-ring (bicyclic) bond motifs is 1. The molecule has 2 aliphatic heterocycles. The number of aromatic nitrogens is 1. The monoisotopic (exact) mass is 203 g/mol. The summed E-state index contributed by atoms with van der Waals surface area (Å²) < 4.78 is 0. The van der Waals surface area contributed by atoms with E-state index >= 15 is 0 Å². The van der Waals surface area contributed by atoms with Crippen molar-refractivity contribution in [3.05, 3.63) is 24.5 Å². The van der Waals surface area contributed by atoms with Gasteiger partial charge in [0.1, 0.15) is 0 Å². The van der Waals surface area contributed by atoms with Crippen LogP contribution >= 0.6 is 0 Å². The van der Waals surface area contributed by atoms with E-state index in [-0.39, 0.29) is 0 Å². The molecular formula is C12H17N3. The highest BCUT2D eigenvalue weighted by Gasteiger charge is 2.32. The maximum absolute atomic E-state index is 4.18. The lowest BCUT2D eigenvalue weighted by Crippen LogP contribution is -2.46. The molecule has 3 heteroatoms. The predicted octanol–water partition coefficient (Wildman–Crippen LogP) is 1.27. The average Bonchev–Trinajstić information content (AvgIpc) is 2.77. The second-order valence-corrected chi connectivity index (χ2v) is 4.56. The van der Waals surface area contributed by atoms with E-state index in [1.807, 2.05) is 18.5 Å². The number of hydrogen-bond acceptors (Lipinski definition) is 3. The van der Waals surface area contributed by atoms with Crippen LogP contribution in [0.25, 0.3) is 0 Å². The summed E-state index contributed by atoms with van der Waals surface area (Å²) in [6, 6.07) is 4.88. The van der Waals surface area contributed by atoms with Crippen molar-refractivity contribution in [3.8, 4) is 0 Å². The Bertz CT molecular complexity index is 325. The molecule has 1 N–H and O–H groups in total. The SMILES string of the molecule is c1cncc(N2CCC3CCNC3C2)c1. The zero-order chi connectivity index (χ0) is 10.1. The van der Waals surface area contributed by atoms with Gasteiger partial charge in [0.2, 0.25) is 0 Å². The molecule has 2 unspecified atom stereocenters. The summed E-state index contributed by atoms with van der Waals surface area (Å²) in [5, 5.41) is 3.60. The van der Waals surface area contributed by atoms with Crippen LogP contribution in [-0.4, -0.2) is 30.7 Å². The van der Waals surface area contributed by atoms with Gasteiger partial charge in [0.05, 0.1) is 11.9 Å². The predicted molar refractivity (Wildman–Crippen MR) is 61.0 cm³/mol. The van der Waals surface area contributed by atoms with Gasteiger partial charge in [-0.3, -0.25) is 4.98 Å². The van der Waals surface area contributed by atoms with Crippen LogP contribution in [0.5, 0.6) is 0 Å². The summed E-state index contributed by atoms with van der Waals surface area (Å²) in [7, 11) is 0. The molecule has 3 nitrogen and oxygen atoms in total. The van der Waals surface area contributed by atoms with Crippen LogP contribution < -0.4 is 10.2 Å². The number of hydrogen-bond donors (Lipinski definition) is 1. The molecule has 0 spiro atoms. The fourth-order valence-electron chi connectivity index (χ4n) is 2.81. The van der Waals surface area contributed by atoms with Crippen LogP contribution in [0.4, 0.5) is 5.69 Å². The molecule has 0 saturated carbocycles. The Hall–Kier alpha value is -1.09. The van der Waals surface area contributed by atoms with Gasteiger partial charge in [-0.2, -0.15) is 0 Å². The maximum atomic E-state index is 4.18. The Morgan fingerprint density at radius 1 is 1.40 bits per heavy atom. The van der Waals surface area contributed by atoms with E-state index < -0.39 is 0 Å². The normalized spacial score (nSPS) is 30.3. The first-order chi connectivity index (χ1) is 7.43. The van der Waals surface area contributed by atoms with Crippen LogP contribution in [0.3, 0.4) is 0 Å². The van der Waals surface area contributed by atoms with Crippen molar-refractivity contribution in [3.63, 3.8) is 0 Å². The van der Waals surface area contributed by atoms with Crippen molar-refractivity contribution in [2.45, 2.75) is 18.9 Å². The van der Waals surface area contributed by atoms with Gasteiger partial charge in [0.15, 0.2) is 0 Å². The molecule has 1 aromatic rings. The molecule has 2 aliphatic rings. The molecule has 0 radical (unpaired) electrons. The van der Waals surface area contributed by atoms with E-state index in [1.54, 1.807) is 0 Å². The Morgan fingerprint density at radius 3 is 3.27 bits per heavy atom. The van der Waals surface area contributed by atoms with Crippen LogP contribution in [0.2, 0.25) is 0 Å². The largest absolute Gasteiger partial charge is 0.369 e. The van der Waals surface area contributed by atoms with Crippen molar-refractivity contribution >= 4 is 5.69 Å². The number of piperidine rings is 1. The first-order valence-corrected chi connectivity index (χ1v) is 5.82. The van der Waals surface area contributed by atoms with Crippen molar-refractivity contribution in [2.75, 3.05) is 24.5 Å². The third kappa shape index (κ3) is 1.72. The van der Waals surface area contributed by atoms with Crippen LogP contribution in [0.1, 0.15) is 12.8 Å². The lowest BCUT2D eigenvalue weighted by molar-refractivity contribution is 0.373. The van der Waals surface area contributed by atoms with Crippen molar-refractivity contribution in [2.24, 2.45) is 5.92 Å². The molecule has 3 heterocycles. The Morgan fingerprint density at radius 2 is 2.40 bits per heavy atom. The lowest BCUT2D eigenvalue weighted by atomic mass is 9.92. The highest BCUT2D eigenvalue weighted by atomic mass is 15.2.